The normalized spacial score (nSPS) is 18.8. The third-order valence-corrected chi connectivity index (χ3v) is 5.41. The van der Waals surface area contributed by atoms with E-state index in [4.69, 9.17) is 0 Å². The molecule has 2 heterocycles. The molecule has 0 saturated carbocycles. The number of hydrogen-bond acceptors (Lipinski definition) is 5. The van der Waals surface area contributed by atoms with Crippen molar-refractivity contribution in [3.05, 3.63) is 77.9 Å². The number of rotatable bonds is 4. The van der Waals surface area contributed by atoms with Gasteiger partial charge in [0.05, 0.1) is 0 Å². The summed E-state index contributed by atoms with van der Waals surface area (Å²) in [6.45, 7) is 0.408. The lowest BCUT2D eigenvalue weighted by molar-refractivity contribution is 0.0322. The molecule has 5 rings (SSSR count). The number of aryl methyl sites for hydroxylation is 1. The van der Waals surface area contributed by atoms with Gasteiger partial charge in [-0.2, -0.15) is 4.52 Å². The van der Waals surface area contributed by atoms with E-state index in [9.17, 15) is 5.11 Å². The van der Waals surface area contributed by atoms with Crippen LogP contribution in [0.5, 0.6) is 0 Å². The van der Waals surface area contributed by atoms with Crippen molar-refractivity contribution < 1.29 is 5.11 Å². The molecule has 0 spiro atoms. The van der Waals surface area contributed by atoms with Gasteiger partial charge in [0.15, 0.2) is 11.5 Å². The molecule has 1 atom stereocenters. The van der Waals surface area contributed by atoms with E-state index in [1.54, 1.807) is 4.52 Å². The lowest BCUT2D eigenvalue weighted by atomic mass is 9.79. The van der Waals surface area contributed by atoms with E-state index in [1.807, 2.05) is 60.7 Å². The molecule has 4 aromatic rings. The zero-order valence-corrected chi connectivity index (χ0v) is 15.4. The number of anilines is 1. The molecule has 2 N–H and O–H groups in total. The molecule has 1 aliphatic rings. The van der Waals surface area contributed by atoms with Gasteiger partial charge >= 0.3 is 0 Å². The fourth-order valence-corrected chi connectivity index (χ4v) is 3.97. The van der Waals surface area contributed by atoms with Crippen molar-refractivity contribution in [2.24, 2.45) is 0 Å². The summed E-state index contributed by atoms with van der Waals surface area (Å²) >= 11 is 0. The minimum absolute atomic E-state index is 0.408. The largest absolute Gasteiger partial charge is 0.383 e. The van der Waals surface area contributed by atoms with Crippen LogP contribution in [-0.4, -0.2) is 31.5 Å². The van der Waals surface area contributed by atoms with Crippen LogP contribution in [-0.2, 0) is 12.0 Å². The van der Waals surface area contributed by atoms with E-state index < -0.39 is 5.60 Å². The van der Waals surface area contributed by atoms with Gasteiger partial charge in [-0.05, 0) is 42.5 Å². The van der Waals surface area contributed by atoms with Crippen molar-refractivity contribution in [2.45, 2.75) is 24.9 Å². The number of hydrogen-bond donors (Lipinski definition) is 2. The van der Waals surface area contributed by atoms with Crippen LogP contribution in [0.3, 0.4) is 0 Å². The Hall–Kier alpha value is -3.25. The van der Waals surface area contributed by atoms with Gasteiger partial charge < -0.3 is 10.4 Å². The van der Waals surface area contributed by atoms with Crippen LogP contribution < -0.4 is 5.32 Å². The van der Waals surface area contributed by atoms with E-state index in [1.165, 1.54) is 5.56 Å². The van der Waals surface area contributed by atoms with Crippen molar-refractivity contribution in [2.75, 3.05) is 11.9 Å². The van der Waals surface area contributed by atoms with Crippen molar-refractivity contribution in [1.29, 1.82) is 0 Å². The zero-order valence-electron chi connectivity index (χ0n) is 15.4. The van der Waals surface area contributed by atoms with E-state index in [0.717, 1.165) is 30.4 Å². The molecular formula is C22H21N5O. The molecule has 0 amide bonds. The summed E-state index contributed by atoms with van der Waals surface area (Å²) in [6.07, 6.45) is 2.73. The fraction of sp³-hybridized carbons (Fsp3) is 0.227. The van der Waals surface area contributed by atoms with E-state index >= 15 is 0 Å². The number of fused-ring (bicyclic) bond motifs is 2. The summed E-state index contributed by atoms with van der Waals surface area (Å²) in [5.74, 6) is 1.38. The zero-order chi connectivity index (χ0) is 19.0. The summed E-state index contributed by atoms with van der Waals surface area (Å²) < 4.78 is 1.73. The van der Waals surface area contributed by atoms with Gasteiger partial charge in [0, 0.05) is 12.1 Å². The molecule has 0 fully saturated rings. The van der Waals surface area contributed by atoms with Gasteiger partial charge in [0.1, 0.15) is 11.4 Å². The molecule has 0 saturated heterocycles. The summed E-state index contributed by atoms with van der Waals surface area (Å²) in [5.41, 5.74) is 3.00. The van der Waals surface area contributed by atoms with Gasteiger partial charge in [0.25, 0.3) is 0 Å². The Morgan fingerprint density at radius 2 is 1.79 bits per heavy atom. The first-order valence-corrected chi connectivity index (χ1v) is 9.55. The number of benzene rings is 2. The second-order valence-corrected chi connectivity index (χ2v) is 7.27. The maximum absolute atomic E-state index is 11.3. The Bertz CT molecular complexity index is 1120. The minimum atomic E-state index is -0.888. The van der Waals surface area contributed by atoms with Crippen molar-refractivity contribution in [1.82, 2.24) is 19.8 Å². The monoisotopic (exact) mass is 371 g/mol. The third kappa shape index (κ3) is 2.92. The average Bonchev–Trinajstić information content (AvgIpc) is 3.17. The Morgan fingerprint density at radius 1 is 0.964 bits per heavy atom. The van der Waals surface area contributed by atoms with Gasteiger partial charge in [0.2, 0.25) is 0 Å². The highest BCUT2D eigenvalue weighted by molar-refractivity contribution is 5.59. The second-order valence-electron chi connectivity index (χ2n) is 7.27. The first-order valence-electron chi connectivity index (χ1n) is 9.55. The first-order chi connectivity index (χ1) is 13.7. The predicted octanol–water partition coefficient (Wildman–Crippen LogP) is 3.43. The Labute approximate surface area is 162 Å². The smallest absolute Gasteiger partial charge is 0.185 e. The molecule has 140 valence electrons. The molecule has 2 aromatic carbocycles. The Morgan fingerprint density at radius 3 is 2.68 bits per heavy atom. The van der Waals surface area contributed by atoms with Gasteiger partial charge in [-0.25, -0.2) is 0 Å². The van der Waals surface area contributed by atoms with Crippen molar-refractivity contribution >= 4 is 11.5 Å². The molecule has 0 aliphatic heterocycles. The maximum Gasteiger partial charge on any atom is 0.185 e. The Balaban J connectivity index is 1.44. The van der Waals surface area contributed by atoms with Crippen LogP contribution in [0, 0.1) is 0 Å². The molecule has 6 nitrogen and oxygen atoms in total. The number of aromatic nitrogens is 4. The van der Waals surface area contributed by atoms with Crippen molar-refractivity contribution in [3.8, 4) is 11.4 Å². The number of nitrogens with one attached hydrogen (secondary N) is 1. The van der Waals surface area contributed by atoms with E-state index in [0.29, 0.717) is 23.8 Å². The quantitative estimate of drug-likeness (QED) is 0.575. The third-order valence-electron chi connectivity index (χ3n) is 5.41. The number of nitrogens with zero attached hydrogens (tertiary/aromatic N) is 4. The summed E-state index contributed by atoms with van der Waals surface area (Å²) in [7, 11) is 0. The topological polar surface area (TPSA) is 75.3 Å². The van der Waals surface area contributed by atoms with Crippen LogP contribution >= 0.6 is 0 Å². The van der Waals surface area contributed by atoms with Crippen LogP contribution in [0.2, 0.25) is 0 Å². The average molecular weight is 371 g/mol. The molecule has 28 heavy (non-hydrogen) atoms. The standard InChI is InChI=1S/C22H21N5O/c28-22(14-6-10-16-7-4-5-11-18(16)22)15-23-19-12-13-20-24-25-21(27(20)26-19)17-8-2-1-3-9-17/h1-5,7-9,11-13,28H,6,10,14-15H2,(H,23,26). The van der Waals surface area contributed by atoms with E-state index in [2.05, 4.69) is 26.7 Å². The maximum atomic E-state index is 11.3. The van der Waals surface area contributed by atoms with Gasteiger partial charge in [-0.15, -0.1) is 15.3 Å². The fourth-order valence-electron chi connectivity index (χ4n) is 3.97. The van der Waals surface area contributed by atoms with Crippen LogP contribution in [0.4, 0.5) is 5.82 Å². The second kappa shape index (κ2) is 6.73. The van der Waals surface area contributed by atoms with Crippen LogP contribution in [0.25, 0.3) is 17.0 Å². The lowest BCUT2D eigenvalue weighted by Crippen LogP contribution is -2.37. The molecule has 1 unspecified atom stereocenters. The molecule has 2 aromatic heterocycles. The first kappa shape index (κ1) is 16.9. The highest BCUT2D eigenvalue weighted by Crippen LogP contribution is 2.35. The molecule has 0 bridgehead atoms. The number of aliphatic hydroxyl groups is 1. The molecule has 6 heteroatoms. The summed E-state index contributed by atoms with van der Waals surface area (Å²) in [6, 6.07) is 21.8. The minimum Gasteiger partial charge on any atom is -0.383 e. The van der Waals surface area contributed by atoms with Gasteiger partial charge in [-0.1, -0.05) is 54.6 Å². The summed E-state index contributed by atoms with van der Waals surface area (Å²) in [4.78, 5) is 0. The summed E-state index contributed by atoms with van der Waals surface area (Å²) in [5, 5.41) is 27.7. The van der Waals surface area contributed by atoms with Gasteiger partial charge in [-0.3, -0.25) is 0 Å². The highest BCUT2D eigenvalue weighted by Gasteiger charge is 2.34. The lowest BCUT2D eigenvalue weighted by Gasteiger charge is -2.34. The Kier molecular flexibility index (Phi) is 4.06. The van der Waals surface area contributed by atoms with Crippen molar-refractivity contribution in [3.63, 3.8) is 0 Å². The predicted molar refractivity (Wildman–Crippen MR) is 108 cm³/mol. The molecule has 0 radical (unpaired) electrons. The van der Waals surface area contributed by atoms with Crippen LogP contribution in [0.15, 0.2) is 66.7 Å². The van der Waals surface area contributed by atoms with Crippen LogP contribution in [0.1, 0.15) is 24.0 Å². The van der Waals surface area contributed by atoms with E-state index in [-0.39, 0.29) is 0 Å². The SMILES string of the molecule is OC1(CNc2ccc3nnc(-c4ccccc4)n3n2)CCCc2ccccc21. The molecular weight excluding hydrogens is 350 g/mol. The molecule has 1 aliphatic carbocycles. The highest BCUT2D eigenvalue weighted by atomic mass is 16.3.